The summed E-state index contributed by atoms with van der Waals surface area (Å²) in [4.78, 5) is 26.5. The molecule has 1 atom stereocenters. The molecule has 1 saturated heterocycles. The summed E-state index contributed by atoms with van der Waals surface area (Å²) in [6.07, 6.45) is 0.328. The maximum absolute atomic E-state index is 12.6. The lowest BCUT2D eigenvalue weighted by Crippen LogP contribution is -2.37. The normalized spacial score (nSPS) is 17.0. The maximum atomic E-state index is 12.6. The summed E-state index contributed by atoms with van der Waals surface area (Å²) in [5.74, 6) is -0.103. The molecular formula is C21H18N2O2. The first-order valence-corrected chi connectivity index (χ1v) is 8.36. The SMILES string of the molecule is O=C(N[C@H]1CC(=O)N(c2ccccc2)C1)c1ccc2ccccc2c1. The van der Waals surface area contributed by atoms with E-state index in [1.54, 1.807) is 4.90 Å². The van der Waals surface area contributed by atoms with Crippen LogP contribution in [-0.2, 0) is 4.79 Å². The number of benzene rings is 3. The lowest BCUT2D eigenvalue weighted by Gasteiger charge is -2.17. The highest BCUT2D eigenvalue weighted by Crippen LogP contribution is 2.21. The second-order valence-corrected chi connectivity index (χ2v) is 6.28. The van der Waals surface area contributed by atoms with E-state index in [-0.39, 0.29) is 17.9 Å². The van der Waals surface area contributed by atoms with Gasteiger partial charge >= 0.3 is 0 Å². The highest BCUT2D eigenvalue weighted by atomic mass is 16.2. The third kappa shape index (κ3) is 3.11. The predicted molar refractivity (Wildman–Crippen MR) is 98.6 cm³/mol. The van der Waals surface area contributed by atoms with E-state index in [1.807, 2.05) is 72.8 Å². The molecule has 1 aliphatic rings. The van der Waals surface area contributed by atoms with Crippen molar-refractivity contribution >= 4 is 28.3 Å². The summed E-state index contributed by atoms with van der Waals surface area (Å²) in [6, 6.07) is 23.0. The van der Waals surface area contributed by atoms with Crippen molar-refractivity contribution in [2.45, 2.75) is 12.5 Å². The van der Waals surface area contributed by atoms with Crippen molar-refractivity contribution in [1.29, 1.82) is 0 Å². The van der Waals surface area contributed by atoms with Crippen LogP contribution in [0.3, 0.4) is 0 Å². The molecule has 4 nitrogen and oxygen atoms in total. The van der Waals surface area contributed by atoms with E-state index in [0.717, 1.165) is 16.5 Å². The number of carbonyl (C=O) groups excluding carboxylic acids is 2. The first-order valence-electron chi connectivity index (χ1n) is 8.36. The number of amides is 2. The number of fused-ring (bicyclic) bond motifs is 1. The summed E-state index contributed by atoms with van der Waals surface area (Å²) in [6.45, 7) is 0.502. The molecule has 1 heterocycles. The molecule has 1 N–H and O–H groups in total. The van der Waals surface area contributed by atoms with Crippen molar-refractivity contribution in [3.63, 3.8) is 0 Å². The Balaban J connectivity index is 1.48. The summed E-state index contributed by atoms with van der Waals surface area (Å²) < 4.78 is 0. The van der Waals surface area contributed by atoms with E-state index < -0.39 is 0 Å². The van der Waals surface area contributed by atoms with Gasteiger partial charge in [0, 0.05) is 24.2 Å². The van der Waals surface area contributed by atoms with Gasteiger partial charge in [-0.05, 0) is 35.0 Å². The molecule has 1 fully saturated rings. The van der Waals surface area contributed by atoms with Crippen LogP contribution in [0.25, 0.3) is 10.8 Å². The van der Waals surface area contributed by atoms with E-state index in [2.05, 4.69) is 5.32 Å². The average Bonchev–Trinajstić information content (AvgIpc) is 3.02. The highest BCUT2D eigenvalue weighted by Gasteiger charge is 2.31. The van der Waals surface area contributed by atoms with Gasteiger partial charge < -0.3 is 10.2 Å². The number of hydrogen-bond donors (Lipinski definition) is 1. The number of nitrogens with one attached hydrogen (secondary N) is 1. The van der Waals surface area contributed by atoms with E-state index in [1.165, 1.54) is 0 Å². The highest BCUT2D eigenvalue weighted by molar-refractivity contribution is 6.00. The zero-order valence-corrected chi connectivity index (χ0v) is 13.7. The standard InChI is InChI=1S/C21H18N2O2/c24-20-13-18(14-23(20)19-8-2-1-3-9-19)22-21(25)17-11-10-15-6-4-5-7-16(15)12-17/h1-12,18H,13-14H2,(H,22,25)/t18-/m0/s1. The van der Waals surface area contributed by atoms with Gasteiger partial charge in [0.25, 0.3) is 5.91 Å². The van der Waals surface area contributed by atoms with Crippen molar-refractivity contribution in [3.8, 4) is 0 Å². The third-order valence-electron chi connectivity index (χ3n) is 4.54. The Hall–Kier alpha value is -3.14. The molecule has 0 radical (unpaired) electrons. The molecule has 0 spiro atoms. The summed E-state index contributed by atoms with van der Waals surface area (Å²) >= 11 is 0. The van der Waals surface area contributed by atoms with Crippen molar-refractivity contribution < 1.29 is 9.59 Å². The van der Waals surface area contributed by atoms with Crippen molar-refractivity contribution in [1.82, 2.24) is 5.32 Å². The summed E-state index contributed by atoms with van der Waals surface area (Å²) in [5, 5.41) is 5.12. The fourth-order valence-electron chi connectivity index (χ4n) is 3.26. The minimum Gasteiger partial charge on any atom is -0.347 e. The number of hydrogen-bond acceptors (Lipinski definition) is 2. The van der Waals surface area contributed by atoms with E-state index in [4.69, 9.17) is 0 Å². The van der Waals surface area contributed by atoms with Crippen molar-refractivity contribution in [2.75, 3.05) is 11.4 Å². The van der Waals surface area contributed by atoms with Crippen LogP contribution in [0.1, 0.15) is 16.8 Å². The Morgan fingerprint density at radius 1 is 0.920 bits per heavy atom. The summed E-state index contributed by atoms with van der Waals surface area (Å²) in [7, 11) is 0. The Morgan fingerprint density at radius 3 is 2.44 bits per heavy atom. The topological polar surface area (TPSA) is 49.4 Å². The number of nitrogens with zero attached hydrogens (tertiary/aromatic N) is 1. The van der Waals surface area contributed by atoms with E-state index in [9.17, 15) is 9.59 Å². The smallest absolute Gasteiger partial charge is 0.251 e. The fourth-order valence-corrected chi connectivity index (χ4v) is 3.26. The zero-order chi connectivity index (χ0) is 17.2. The van der Waals surface area contributed by atoms with Gasteiger partial charge in [-0.2, -0.15) is 0 Å². The molecular weight excluding hydrogens is 312 g/mol. The number of anilines is 1. The first-order chi connectivity index (χ1) is 12.2. The zero-order valence-electron chi connectivity index (χ0n) is 13.7. The first kappa shape index (κ1) is 15.4. The largest absolute Gasteiger partial charge is 0.347 e. The molecule has 1 aliphatic heterocycles. The predicted octanol–water partition coefficient (Wildman–Crippen LogP) is 3.38. The number of para-hydroxylation sites is 1. The van der Waals surface area contributed by atoms with Crippen molar-refractivity contribution in [2.24, 2.45) is 0 Å². The van der Waals surface area contributed by atoms with E-state index >= 15 is 0 Å². The van der Waals surface area contributed by atoms with Gasteiger partial charge in [-0.3, -0.25) is 9.59 Å². The molecule has 0 aliphatic carbocycles. The molecule has 0 bridgehead atoms. The van der Waals surface area contributed by atoms with Crippen LogP contribution in [0, 0.1) is 0 Å². The average molecular weight is 330 g/mol. The van der Waals surface area contributed by atoms with Gasteiger partial charge in [0.1, 0.15) is 0 Å². The molecule has 4 heteroatoms. The van der Waals surface area contributed by atoms with Crippen LogP contribution in [0.5, 0.6) is 0 Å². The van der Waals surface area contributed by atoms with Crippen molar-refractivity contribution in [3.05, 3.63) is 78.4 Å². The molecule has 0 aromatic heterocycles. The molecule has 3 aromatic rings. The molecule has 0 saturated carbocycles. The molecule has 4 rings (SSSR count). The van der Waals surface area contributed by atoms with E-state index in [0.29, 0.717) is 18.5 Å². The molecule has 3 aromatic carbocycles. The quantitative estimate of drug-likeness (QED) is 0.800. The Morgan fingerprint density at radius 2 is 1.64 bits per heavy atom. The Bertz CT molecular complexity index is 937. The third-order valence-corrected chi connectivity index (χ3v) is 4.54. The van der Waals surface area contributed by atoms with Crippen LogP contribution < -0.4 is 10.2 Å². The van der Waals surface area contributed by atoms with Crippen LogP contribution >= 0.6 is 0 Å². The van der Waals surface area contributed by atoms with Gasteiger partial charge in [-0.15, -0.1) is 0 Å². The van der Waals surface area contributed by atoms with Crippen LogP contribution in [0.2, 0.25) is 0 Å². The van der Waals surface area contributed by atoms with Gasteiger partial charge in [0.05, 0.1) is 6.04 Å². The minimum absolute atomic E-state index is 0.0370. The Labute approximate surface area is 146 Å². The second kappa shape index (κ2) is 6.40. The Kier molecular flexibility index (Phi) is 3.94. The van der Waals surface area contributed by atoms with Crippen LogP contribution in [0.4, 0.5) is 5.69 Å². The second-order valence-electron chi connectivity index (χ2n) is 6.28. The van der Waals surface area contributed by atoms with Gasteiger partial charge in [0.15, 0.2) is 0 Å². The van der Waals surface area contributed by atoms with Gasteiger partial charge in [0.2, 0.25) is 5.91 Å². The van der Waals surface area contributed by atoms with Crippen LogP contribution in [0.15, 0.2) is 72.8 Å². The minimum atomic E-state index is -0.174. The monoisotopic (exact) mass is 330 g/mol. The van der Waals surface area contributed by atoms with Crippen LogP contribution in [-0.4, -0.2) is 24.4 Å². The number of rotatable bonds is 3. The molecule has 124 valence electrons. The molecule has 0 unspecified atom stereocenters. The fraction of sp³-hybridized carbons (Fsp3) is 0.143. The lowest BCUT2D eigenvalue weighted by atomic mass is 10.1. The molecule has 25 heavy (non-hydrogen) atoms. The maximum Gasteiger partial charge on any atom is 0.251 e. The van der Waals surface area contributed by atoms with Gasteiger partial charge in [-0.1, -0.05) is 48.5 Å². The van der Waals surface area contributed by atoms with Gasteiger partial charge in [-0.25, -0.2) is 0 Å². The number of carbonyl (C=O) groups is 2. The summed E-state index contributed by atoms with van der Waals surface area (Å²) in [5.41, 5.74) is 1.49. The molecule has 2 amide bonds. The lowest BCUT2D eigenvalue weighted by molar-refractivity contribution is -0.117.